The molecule has 4 rings (SSSR count). The van der Waals surface area contributed by atoms with Crippen LogP contribution in [0.25, 0.3) is 0 Å². The molecular formula is C16H21NO3. The summed E-state index contributed by atoms with van der Waals surface area (Å²) in [6, 6.07) is 4.39. The summed E-state index contributed by atoms with van der Waals surface area (Å²) in [6.45, 7) is 2.35. The molecule has 0 radical (unpaired) electrons. The zero-order chi connectivity index (χ0) is 13.6. The van der Waals surface area contributed by atoms with Crippen molar-refractivity contribution in [2.24, 2.45) is 0 Å². The zero-order valence-electron chi connectivity index (χ0n) is 11.9. The van der Waals surface area contributed by atoms with Gasteiger partial charge in [0.15, 0.2) is 11.5 Å². The maximum atomic E-state index is 5.57. The molecule has 2 heterocycles. The lowest BCUT2D eigenvalue weighted by Crippen LogP contribution is -2.46. The van der Waals surface area contributed by atoms with Crippen molar-refractivity contribution in [3.05, 3.63) is 23.3 Å². The Bertz CT molecular complexity index is 521. The van der Waals surface area contributed by atoms with Crippen molar-refractivity contribution in [2.45, 2.75) is 43.7 Å². The third-order valence-electron chi connectivity index (χ3n) is 5.17. The van der Waals surface area contributed by atoms with E-state index in [9.17, 15) is 0 Å². The Morgan fingerprint density at radius 3 is 2.70 bits per heavy atom. The molecule has 4 nitrogen and oxygen atoms in total. The van der Waals surface area contributed by atoms with Crippen molar-refractivity contribution in [3.63, 3.8) is 0 Å². The van der Waals surface area contributed by atoms with E-state index in [2.05, 4.69) is 17.4 Å². The van der Waals surface area contributed by atoms with Crippen molar-refractivity contribution < 1.29 is 14.2 Å². The first-order chi connectivity index (χ1) is 9.81. The summed E-state index contributed by atoms with van der Waals surface area (Å²) in [5.74, 6) is 1.81. The summed E-state index contributed by atoms with van der Waals surface area (Å²) in [5, 5.41) is 3.59. The Hall–Kier alpha value is -1.26. The molecule has 1 N–H and O–H groups in total. The number of methoxy groups -OCH3 is 1. The molecule has 1 saturated carbocycles. The SMILES string of the molecule is COC1CCC2(CC1)CNCc1cc3c(cc12)OCO3. The molecule has 1 aliphatic carbocycles. The van der Waals surface area contributed by atoms with Gasteiger partial charge in [0.25, 0.3) is 0 Å². The molecule has 0 saturated heterocycles. The summed E-state index contributed by atoms with van der Waals surface area (Å²) in [4.78, 5) is 0. The zero-order valence-corrected chi connectivity index (χ0v) is 11.9. The first-order valence-corrected chi connectivity index (χ1v) is 7.47. The van der Waals surface area contributed by atoms with Crippen molar-refractivity contribution in [1.29, 1.82) is 0 Å². The summed E-state index contributed by atoms with van der Waals surface area (Å²) in [6.07, 6.45) is 5.09. The van der Waals surface area contributed by atoms with Gasteiger partial charge < -0.3 is 19.5 Å². The minimum atomic E-state index is 0.254. The van der Waals surface area contributed by atoms with Gasteiger partial charge in [-0.05, 0) is 48.9 Å². The number of fused-ring (bicyclic) bond motifs is 3. The number of ether oxygens (including phenoxy) is 3. The van der Waals surface area contributed by atoms with Gasteiger partial charge in [-0.15, -0.1) is 0 Å². The van der Waals surface area contributed by atoms with Crippen molar-refractivity contribution >= 4 is 0 Å². The smallest absolute Gasteiger partial charge is 0.231 e. The summed E-state index contributed by atoms with van der Waals surface area (Å²) < 4.78 is 16.6. The van der Waals surface area contributed by atoms with Crippen LogP contribution < -0.4 is 14.8 Å². The number of nitrogens with one attached hydrogen (secondary N) is 1. The molecule has 1 aromatic carbocycles. The maximum absolute atomic E-state index is 5.57. The van der Waals surface area contributed by atoms with E-state index in [1.165, 1.54) is 24.0 Å². The third kappa shape index (κ3) is 1.82. The molecule has 0 atom stereocenters. The molecule has 108 valence electrons. The highest BCUT2D eigenvalue weighted by molar-refractivity contribution is 5.52. The highest BCUT2D eigenvalue weighted by Gasteiger charge is 2.41. The predicted octanol–water partition coefficient (Wildman–Crippen LogP) is 2.35. The largest absolute Gasteiger partial charge is 0.454 e. The van der Waals surface area contributed by atoms with E-state index in [1.807, 2.05) is 7.11 Å². The lowest BCUT2D eigenvalue weighted by Gasteiger charge is -2.44. The van der Waals surface area contributed by atoms with Crippen molar-refractivity contribution in [3.8, 4) is 11.5 Å². The van der Waals surface area contributed by atoms with E-state index in [0.717, 1.165) is 37.4 Å². The van der Waals surface area contributed by atoms with Crippen LogP contribution in [0.5, 0.6) is 11.5 Å². The van der Waals surface area contributed by atoms with Gasteiger partial charge in [0.05, 0.1) is 6.10 Å². The lowest BCUT2D eigenvalue weighted by atomic mass is 9.66. The molecule has 0 unspecified atom stereocenters. The van der Waals surface area contributed by atoms with E-state index in [-0.39, 0.29) is 5.41 Å². The average molecular weight is 275 g/mol. The Labute approximate surface area is 119 Å². The first kappa shape index (κ1) is 12.5. The Morgan fingerprint density at radius 2 is 1.95 bits per heavy atom. The monoisotopic (exact) mass is 275 g/mol. The average Bonchev–Trinajstić information content (AvgIpc) is 2.94. The van der Waals surface area contributed by atoms with Crippen LogP contribution in [0.15, 0.2) is 12.1 Å². The fraction of sp³-hybridized carbons (Fsp3) is 0.625. The van der Waals surface area contributed by atoms with Crippen LogP contribution in [0, 0.1) is 0 Å². The van der Waals surface area contributed by atoms with E-state index in [4.69, 9.17) is 14.2 Å². The number of hydrogen-bond donors (Lipinski definition) is 1. The van der Waals surface area contributed by atoms with Crippen LogP contribution in [0.1, 0.15) is 36.8 Å². The van der Waals surface area contributed by atoms with E-state index >= 15 is 0 Å². The quantitative estimate of drug-likeness (QED) is 0.854. The van der Waals surface area contributed by atoms with Gasteiger partial charge in [-0.3, -0.25) is 0 Å². The standard InChI is InChI=1S/C16H21NO3/c1-18-12-2-4-16(5-3-12)9-17-8-11-6-14-15(7-13(11)16)20-10-19-14/h6-7,12,17H,2-5,8-10H2,1H3. The lowest BCUT2D eigenvalue weighted by molar-refractivity contribution is 0.0465. The molecule has 0 bridgehead atoms. The fourth-order valence-corrected chi connectivity index (χ4v) is 3.98. The van der Waals surface area contributed by atoms with E-state index in [0.29, 0.717) is 12.9 Å². The van der Waals surface area contributed by atoms with Gasteiger partial charge in [0, 0.05) is 25.6 Å². The van der Waals surface area contributed by atoms with Crippen LogP contribution in [-0.2, 0) is 16.7 Å². The molecule has 20 heavy (non-hydrogen) atoms. The van der Waals surface area contributed by atoms with Gasteiger partial charge >= 0.3 is 0 Å². The molecular weight excluding hydrogens is 254 g/mol. The number of hydrogen-bond acceptors (Lipinski definition) is 4. The molecule has 4 heteroatoms. The Kier molecular flexibility index (Phi) is 2.89. The van der Waals surface area contributed by atoms with E-state index in [1.54, 1.807) is 0 Å². The van der Waals surface area contributed by atoms with Gasteiger partial charge in [0.2, 0.25) is 6.79 Å². The second kappa shape index (κ2) is 4.64. The van der Waals surface area contributed by atoms with Crippen LogP contribution in [0.4, 0.5) is 0 Å². The molecule has 0 aromatic heterocycles. The van der Waals surface area contributed by atoms with Crippen LogP contribution in [0.3, 0.4) is 0 Å². The van der Waals surface area contributed by atoms with Gasteiger partial charge in [-0.2, -0.15) is 0 Å². The highest BCUT2D eigenvalue weighted by atomic mass is 16.7. The normalized spacial score (nSPS) is 31.4. The first-order valence-electron chi connectivity index (χ1n) is 7.47. The topological polar surface area (TPSA) is 39.7 Å². The van der Waals surface area contributed by atoms with Gasteiger partial charge in [0.1, 0.15) is 0 Å². The second-order valence-corrected chi connectivity index (χ2v) is 6.18. The van der Waals surface area contributed by atoms with Crippen LogP contribution >= 0.6 is 0 Å². The molecule has 1 aromatic rings. The molecule has 1 spiro atoms. The highest BCUT2D eigenvalue weighted by Crippen LogP contribution is 2.47. The molecule has 2 aliphatic heterocycles. The van der Waals surface area contributed by atoms with Gasteiger partial charge in [-0.1, -0.05) is 0 Å². The third-order valence-corrected chi connectivity index (χ3v) is 5.17. The van der Waals surface area contributed by atoms with E-state index < -0.39 is 0 Å². The minimum absolute atomic E-state index is 0.254. The summed E-state index contributed by atoms with van der Waals surface area (Å²) in [7, 11) is 1.83. The molecule has 1 fully saturated rings. The van der Waals surface area contributed by atoms with Crippen LogP contribution in [-0.4, -0.2) is 26.6 Å². The fourth-order valence-electron chi connectivity index (χ4n) is 3.98. The molecule has 0 amide bonds. The Morgan fingerprint density at radius 1 is 1.20 bits per heavy atom. The minimum Gasteiger partial charge on any atom is -0.454 e. The second-order valence-electron chi connectivity index (χ2n) is 6.18. The molecule has 3 aliphatic rings. The Balaban J connectivity index is 1.71. The summed E-state index contributed by atoms with van der Waals surface area (Å²) >= 11 is 0. The van der Waals surface area contributed by atoms with Crippen LogP contribution in [0.2, 0.25) is 0 Å². The van der Waals surface area contributed by atoms with Crippen molar-refractivity contribution in [2.75, 3.05) is 20.4 Å². The summed E-state index contributed by atoms with van der Waals surface area (Å²) in [5.41, 5.74) is 3.09. The van der Waals surface area contributed by atoms with Crippen molar-refractivity contribution in [1.82, 2.24) is 5.32 Å². The maximum Gasteiger partial charge on any atom is 0.231 e. The van der Waals surface area contributed by atoms with Gasteiger partial charge in [-0.25, -0.2) is 0 Å². The number of benzene rings is 1. The predicted molar refractivity (Wildman–Crippen MR) is 75.2 cm³/mol. The number of rotatable bonds is 1.